The number of fused-ring (bicyclic) bond motifs is 2. The quantitative estimate of drug-likeness (QED) is 0.760. The smallest absolute Gasteiger partial charge is 0.134 e. The molecule has 0 N–H and O–H groups in total. The normalized spacial score (nSPS) is 32.2. The van der Waals surface area contributed by atoms with Crippen molar-refractivity contribution in [2.24, 2.45) is 11.8 Å². The summed E-state index contributed by atoms with van der Waals surface area (Å²) in [6.07, 6.45) is 2.63. The van der Waals surface area contributed by atoms with Crippen LogP contribution in [0.15, 0.2) is 34.7 Å². The monoisotopic (exact) mass is 241 g/mol. The lowest BCUT2D eigenvalue weighted by atomic mass is 10.0. The Balaban J connectivity index is 1.61. The minimum atomic E-state index is 0.654. The van der Waals surface area contributed by atoms with Crippen molar-refractivity contribution in [2.75, 3.05) is 20.1 Å². The minimum absolute atomic E-state index is 0.654. The average molecular weight is 241 g/mol. The third kappa shape index (κ3) is 1.59. The zero-order valence-corrected chi connectivity index (χ0v) is 10.8. The SMILES string of the molecule is CN1CC2CC(c3cc4ccccc4o3)CC2C1. The molecule has 2 heteroatoms. The number of likely N-dealkylation sites (tertiary alicyclic amines) is 1. The van der Waals surface area contributed by atoms with Crippen molar-refractivity contribution in [1.29, 1.82) is 0 Å². The summed E-state index contributed by atoms with van der Waals surface area (Å²) in [5.74, 6) is 3.66. The summed E-state index contributed by atoms with van der Waals surface area (Å²) in [5, 5.41) is 1.25. The lowest BCUT2D eigenvalue weighted by Crippen LogP contribution is -2.16. The molecule has 2 heterocycles. The van der Waals surface area contributed by atoms with E-state index in [0.717, 1.165) is 17.4 Å². The summed E-state index contributed by atoms with van der Waals surface area (Å²) in [6.45, 7) is 2.56. The Hall–Kier alpha value is -1.28. The minimum Gasteiger partial charge on any atom is -0.461 e. The van der Waals surface area contributed by atoms with Gasteiger partial charge >= 0.3 is 0 Å². The highest BCUT2D eigenvalue weighted by Gasteiger charge is 2.41. The highest BCUT2D eigenvalue weighted by molar-refractivity contribution is 5.77. The van der Waals surface area contributed by atoms with Crippen molar-refractivity contribution in [1.82, 2.24) is 4.90 Å². The molecular weight excluding hydrogens is 222 g/mol. The molecule has 1 saturated carbocycles. The van der Waals surface area contributed by atoms with Crippen LogP contribution in [0.4, 0.5) is 0 Å². The van der Waals surface area contributed by atoms with Crippen LogP contribution in [0.25, 0.3) is 11.0 Å². The molecule has 1 aliphatic carbocycles. The lowest BCUT2D eigenvalue weighted by molar-refractivity contribution is 0.362. The van der Waals surface area contributed by atoms with Crippen LogP contribution in [-0.2, 0) is 0 Å². The zero-order chi connectivity index (χ0) is 12.1. The maximum Gasteiger partial charge on any atom is 0.134 e. The fourth-order valence-corrected chi connectivity index (χ4v) is 3.97. The van der Waals surface area contributed by atoms with Crippen LogP contribution in [0, 0.1) is 11.8 Å². The Labute approximate surface area is 108 Å². The van der Waals surface area contributed by atoms with Gasteiger partial charge in [0.1, 0.15) is 11.3 Å². The first kappa shape index (κ1) is 10.6. The summed E-state index contributed by atoms with van der Waals surface area (Å²) >= 11 is 0. The van der Waals surface area contributed by atoms with E-state index >= 15 is 0 Å². The maximum atomic E-state index is 6.03. The molecule has 2 unspecified atom stereocenters. The van der Waals surface area contributed by atoms with Gasteiger partial charge in [0.2, 0.25) is 0 Å². The summed E-state index contributed by atoms with van der Waals surface area (Å²) in [5.41, 5.74) is 1.04. The molecular formula is C16H19NO. The molecule has 2 aliphatic rings. The molecule has 0 radical (unpaired) electrons. The van der Waals surface area contributed by atoms with Gasteiger partial charge in [0.05, 0.1) is 0 Å². The van der Waals surface area contributed by atoms with Crippen molar-refractivity contribution in [3.63, 3.8) is 0 Å². The zero-order valence-electron chi connectivity index (χ0n) is 10.8. The largest absolute Gasteiger partial charge is 0.461 e. The van der Waals surface area contributed by atoms with Crippen LogP contribution < -0.4 is 0 Å². The molecule has 18 heavy (non-hydrogen) atoms. The van der Waals surface area contributed by atoms with E-state index in [1.54, 1.807) is 0 Å². The van der Waals surface area contributed by atoms with Gasteiger partial charge in [0, 0.05) is 24.4 Å². The predicted octanol–water partition coefficient (Wildman–Crippen LogP) is 3.49. The van der Waals surface area contributed by atoms with Gasteiger partial charge in [-0.3, -0.25) is 0 Å². The van der Waals surface area contributed by atoms with Gasteiger partial charge in [-0.1, -0.05) is 18.2 Å². The van der Waals surface area contributed by atoms with Gasteiger partial charge in [-0.05, 0) is 43.9 Å². The molecule has 1 aliphatic heterocycles. The second-order valence-electron chi connectivity index (χ2n) is 6.10. The number of nitrogens with zero attached hydrogens (tertiary/aromatic N) is 1. The van der Waals surface area contributed by atoms with Crippen LogP contribution in [0.5, 0.6) is 0 Å². The number of para-hydroxylation sites is 1. The molecule has 94 valence electrons. The van der Waals surface area contributed by atoms with E-state index in [1.165, 1.54) is 37.1 Å². The number of benzene rings is 1. The van der Waals surface area contributed by atoms with E-state index < -0.39 is 0 Å². The van der Waals surface area contributed by atoms with Gasteiger partial charge in [0.15, 0.2) is 0 Å². The average Bonchev–Trinajstić information content (AvgIpc) is 2.98. The number of rotatable bonds is 1. The van der Waals surface area contributed by atoms with Crippen LogP contribution in [0.3, 0.4) is 0 Å². The van der Waals surface area contributed by atoms with Crippen LogP contribution in [-0.4, -0.2) is 25.0 Å². The van der Waals surface area contributed by atoms with E-state index in [-0.39, 0.29) is 0 Å². The van der Waals surface area contributed by atoms with Crippen molar-refractivity contribution < 1.29 is 4.42 Å². The number of hydrogen-bond acceptors (Lipinski definition) is 2. The first-order valence-electron chi connectivity index (χ1n) is 6.96. The Morgan fingerprint density at radius 1 is 1.11 bits per heavy atom. The first-order chi connectivity index (χ1) is 8.79. The van der Waals surface area contributed by atoms with E-state index in [1.807, 2.05) is 6.07 Å². The summed E-state index contributed by atoms with van der Waals surface area (Å²) in [7, 11) is 2.24. The predicted molar refractivity (Wildman–Crippen MR) is 72.7 cm³/mol. The Bertz CT molecular complexity index is 526. The van der Waals surface area contributed by atoms with Crippen LogP contribution in [0.2, 0.25) is 0 Å². The molecule has 1 aromatic heterocycles. The fourth-order valence-electron chi connectivity index (χ4n) is 3.97. The van der Waals surface area contributed by atoms with Crippen LogP contribution in [0.1, 0.15) is 24.5 Å². The topological polar surface area (TPSA) is 16.4 Å². The first-order valence-corrected chi connectivity index (χ1v) is 6.96. The Kier molecular flexibility index (Phi) is 2.28. The van der Waals surface area contributed by atoms with E-state index in [0.29, 0.717) is 5.92 Å². The molecule has 2 atom stereocenters. The molecule has 0 bridgehead atoms. The summed E-state index contributed by atoms with van der Waals surface area (Å²) in [4.78, 5) is 2.48. The van der Waals surface area contributed by atoms with E-state index in [4.69, 9.17) is 4.42 Å². The molecule has 0 spiro atoms. The summed E-state index contributed by atoms with van der Waals surface area (Å²) < 4.78 is 6.03. The van der Waals surface area contributed by atoms with Crippen molar-refractivity contribution in [3.05, 3.63) is 36.1 Å². The van der Waals surface area contributed by atoms with E-state index in [2.05, 4.69) is 36.2 Å². The maximum absolute atomic E-state index is 6.03. The molecule has 2 fully saturated rings. The van der Waals surface area contributed by atoms with Crippen LogP contribution >= 0.6 is 0 Å². The van der Waals surface area contributed by atoms with Gasteiger partial charge in [-0.2, -0.15) is 0 Å². The Morgan fingerprint density at radius 3 is 2.56 bits per heavy atom. The van der Waals surface area contributed by atoms with Crippen molar-refractivity contribution in [3.8, 4) is 0 Å². The van der Waals surface area contributed by atoms with Crippen molar-refractivity contribution >= 4 is 11.0 Å². The highest BCUT2D eigenvalue weighted by atomic mass is 16.3. The second kappa shape index (κ2) is 3.86. The number of hydrogen-bond donors (Lipinski definition) is 0. The molecule has 2 aromatic rings. The van der Waals surface area contributed by atoms with E-state index in [9.17, 15) is 0 Å². The number of furan rings is 1. The van der Waals surface area contributed by atoms with Gasteiger partial charge in [0.25, 0.3) is 0 Å². The lowest BCUT2D eigenvalue weighted by Gasteiger charge is -2.12. The molecule has 2 nitrogen and oxygen atoms in total. The fraction of sp³-hybridized carbons (Fsp3) is 0.500. The van der Waals surface area contributed by atoms with Gasteiger partial charge < -0.3 is 9.32 Å². The molecule has 4 rings (SSSR count). The molecule has 1 aromatic carbocycles. The summed E-state index contributed by atoms with van der Waals surface area (Å²) in [6, 6.07) is 10.6. The molecule has 1 saturated heterocycles. The molecule has 0 amide bonds. The second-order valence-corrected chi connectivity index (χ2v) is 6.10. The Morgan fingerprint density at radius 2 is 1.83 bits per heavy atom. The van der Waals surface area contributed by atoms with Gasteiger partial charge in [-0.15, -0.1) is 0 Å². The third-order valence-electron chi connectivity index (χ3n) is 4.78. The third-order valence-corrected chi connectivity index (χ3v) is 4.78. The standard InChI is InChI=1S/C16H19NO/c1-17-9-13-6-12(7-14(13)10-17)16-8-11-4-2-3-5-15(11)18-16/h2-5,8,12-14H,6-7,9-10H2,1H3. The highest BCUT2D eigenvalue weighted by Crippen LogP contribution is 2.46. The van der Waals surface area contributed by atoms with Crippen molar-refractivity contribution in [2.45, 2.75) is 18.8 Å². The van der Waals surface area contributed by atoms with Gasteiger partial charge in [-0.25, -0.2) is 0 Å².